The van der Waals surface area contributed by atoms with Gasteiger partial charge in [0, 0.05) is 30.1 Å². The largest absolute Gasteiger partial charge is 0.480 e. The molecule has 1 aromatic carbocycles. The highest BCUT2D eigenvalue weighted by Gasteiger charge is 2.31. The third-order valence-corrected chi connectivity index (χ3v) is 5.83. The fourth-order valence-corrected chi connectivity index (χ4v) is 4.40. The molecule has 2 heterocycles. The Labute approximate surface area is 160 Å². The summed E-state index contributed by atoms with van der Waals surface area (Å²) >= 11 is 6.16. The van der Waals surface area contributed by atoms with Crippen LogP contribution in [0.2, 0.25) is 5.02 Å². The zero-order valence-corrected chi connectivity index (χ0v) is 16.1. The van der Waals surface area contributed by atoms with E-state index in [0.717, 1.165) is 50.5 Å². The van der Waals surface area contributed by atoms with Crippen LogP contribution >= 0.6 is 11.6 Å². The molecule has 144 valence electrons. The van der Waals surface area contributed by atoms with Crippen molar-refractivity contribution in [1.29, 1.82) is 0 Å². The summed E-state index contributed by atoms with van der Waals surface area (Å²) in [6, 6.07) is 8.71. The lowest BCUT2D eigenvalue weighted by Gasteiger charge is -2.28. The van der Waals surface area contributed by atoms with Crippen LogP contribution in [0.15, 0.2) is 24.3 Å². The molecule has 0 aliphatic carbocycles. The fourth-order valence-electron chi connectivity index (χ4n) is 4.20. The maximum atomic E-state index is 11.0. The first-order valence-electron chi connectivity index (χ1n) is 9.41. The Kier molecular flexibility index (Phi) is 6.89. The molecule has 2 saturated heterocycles. The Morgan fingerprint density at radius 1 is 1.38 bits per heavy atom. The summed E-state index contributed by atoms with van der Waals surface area (Å²) in [5, 5.41) is 9.78. The van der Waals surface area contributed by atoms with Gasteiger partial charge in [-0.3, -0.25) is 15.1 Å². The highest BCUT2D eigenvalue weighted by Crippen LogP contribution is 2.28. The Morgan fingerprint density at radius 3 is 3.00 bits per heavy atom. The van der Waals surface area contributed by atoms with Crippen LogP contribution in [0.1, 0.15) is 30.9 Å². The van der Waals surface area contributed by atoms with Crippen LogP contribution in [0.4, 0.5) is 0 Å². The topological polar surface area (TPSA) is 67.8 Å². The van der Waals surface area contributed by atoms with Crippen molar-refractivity contribution < 1.29 is 9.90 Å². The van der Waals surface area contributed by atoms with E-state index in [1.54, 1.807) is 0 Å². The lowest BCUT2D eigenvalue weighted by Crippen LogP contribution is -2.37. The number of likely N-dealkylation sites (tertiary alicyclic amines) is 1. The number of nitrogens with zero attached hydrogens (tertiary/aromatic N) is 2. The minimum absolute atomic E-state index is 0.123. The molecule has 3 rings (SSSR count). The summed E-state index contributed by atoms with van der Waals surface area (Å²) in [6.07, 6.45) is 3.21. The fraction of sp³-hybridized carbons (Fsp3) is 0.632. The van der Waals surface area contributed by atoms with Crippen LogP contribution in [0, 0.1) is 5.92 Å². The van der Waals surface area contributed by atoms with Gasteiger partial charge in [0.15, 0.2) is 0 Å². The molecule has 3 atom stereocenters. The molecule has 3 unspecified atom stereocenters. The summed E-state index contributed by atoms with van der Waals surface area (Å²) < 4.78 is 0. The summed E-state index contributed by atoms with van der Waals surface area (Å²) in [4.78, 5) is 15.5. The van der Waals surface area contributed by atoms with Gasteiger partial charge in [-0.1, -0.05) is 23.7 Å². The number of aliphatic carboxylic acids is 1. The monoisotopic (exact) mass is 380 g/mol. The number of nitrogens with one attached hydrogen (secondary N) is 2. The summed E-state index contributed by atoms with van der Waals surface area (Å²) in [6.45, 7) is 4.20. The highest BCUT2D eigenvalue weighted by molar-refractivity contribution is 6.30. The van der Waals surface area contributed by atoms with Gasteiger partial charge in [0.25, 0.3) is 0 Å². The van der Waals surface area contributed by atoms with Crippen LogP contribution < -0.4 is 10.9 Å². The first kappa shape index (κ1) is 19.6. The third-order valence-electron chi connectivity index (χ3n) is 5.59. The van der Waals surface area contributed by atoms with Gasteiger partial charge >= 0.3 is 5.97 Å². The zero-order valence-electron chi connectivity index (χ0n) is 15.3. The lowest BCUT2D eigenvalue weighted by molar-refractivity contribution is -0.138. The average molecular weight is 381 g/mol. The number of hydrogen-bond donors (Lipinski definition) is 3. The smallest absolute Gasteiger partial charge is 0.317 e. The van der Waals surface area contributed by atoms with E-state index in [4.69, 9.17) is 16.7 Å². The van der Waals surface area contributed by atoms with Crippen molar-refractivity contribution in [3.05, 3.63) is 34.9 Å². The van der Waals surface area contributed by atoms with Crippen LogP contribution in [-0.2, 0) is 4.79 Å². The van der Waals surface area contributed by atoms with Crippen LogP contribution in [0.25, 0.3) is 0 Å². The zero-order chi connectivity index (χ0) is 18.5. The van der Waals surface area contributed by atoms with E-state index < -0.39 is 5.97 Å². The minimum Gasteiger partial charge on any atom is -0.480 e. The number of hydrazine groups is 1. The van der Waals surface area contributed by atoms with E-state index in [-0.39, 0.29) is 12.6 Å². The lowest BCUT2D eigenvalue weighted by atomic mass is 9.94. The van der Waals surface area contributed by atoms with Crippen LogP contribution in [-0.4, -0.2) is 66.7 Å². The van der Waals surface area contributed by atoms with E-state index in [0.29, 0.717) is 12.0 Å². The second kappa shape index (κ2) is 9.15. The number of carboxylic acids is 1. The predicted octanol–water partition coefficient (Wildman–Crippen LogP) is 1.98. The number of halogens is 1. The SMILES string of the molecule is CN(CC(=O)O)C1CCCN(CC2CNNC2c2cccc(Cl)c2)CC1. The molecule has 0 saturated carbocycles. The van der Waals surface area contributed by atoms with Crippen LogP contribution in [0.5, 0.6) is 0 Å². The predicted molar refractivity (Wildman–Crippen MR) is 103 cm³/mol. The third kappa shape index (κ3) is 5.18. The number of carbonyl (C=O) groups is 1. The molecule has 0 spiro atoms. The molecule has 7 heteroatoms. The first-order valence-corrected chi connectivity index (χ1v) is 9.79. The quantitative estimate of drug-likeness (QED) is 0.701. The Bertz CT molecular complexity index is 615. The van der Waals surface area contributed by atoms with Gasteiger partial charge in [0.2, 0.25) is 0 Å². The Morgan fingerprint density at radius 2 is 2.23 bits per heavy atom. The molecular formula is C19H29ClN4O2. The van der Waals surface area contributed by atoms with Crippen LogP contribution in [0.3, 0.4) is 0 Å². The van der Waals surface area contributed by atoms with Crippen molar-refractivity contribution in [2.24, 2.45) is 5.92 Å². The van der Waals surface area contributed by atoms with Crippen molar-refractivity contribution in [2.45, 2.75) is 31.3 Å². The highest BCUT2D eigenvalue weighted by atomic mass is 35.5. The molecule has 26 heavy (non-hydrogen) atoms. The van der Waals surface area contributed by atoms with Crippen molar-refractivity contribution in [2.75, 3.05) is 39.8 Å². The van der Waals surface area contributed by atoms with E-state index in [9.17, 15) is 4.79 Å². The number of likely N-dealkylation sites (N-methyl/N-ethyl adjacent to an activating group) is 1. The number of benzene rings is 1. The second-order valence-corrected chi connectivity index (χ2v) is 7.95. The van der Waals surface area contributed by atoms with E-state index >= 15 is 0 Å². The maximum Gasteiger partial charge on any atom is 0.317 e. The number of carboxylic acid groups (broad SMARTS) is 1. The Hall–Kier alpha value is -1.18. The molecule has 2 aliphatic heterocycles. The normalized spacial score (nSPS) is 27.6. The molecule has 2 fully saturated rings. The molecule has 3 N–H and O–H groups in total. The molecule has 1 aromatic rings. The molecule has 6 nitrogen and oxygen atoms in total. The summed E-state index contributed by atoms with van der Waals surface area (Å²) in [5.74, 6) is -0.261. The van der Waals surface area contributed by atoms with Gasteiger partial charge in [-0.15, -0.1) is 0 Å². The Balaban J connectivity index is 1.56. The van der Waals surface area contributed by atoms with Crippen molar-refractivity contribution >= 4 is 17.6 Å². The van der Waals surface area contributed by atoms with Gasteiger partial charge in [-0.05, 0) is 57.1 Å². The van der Waals surface area contributed by atoms with E-state index in [2.05, 4.69) is 21.8 Å². The first-order chi connectivity index (χ1) is 12.5. The molecule has 0 bridgehead atoms. The van der Waals surface area contributed by atoms with E-state index in [1.807, 2.05) is 30.1 Å². The standard InChI is InChI=1S/C19H29ClN4O2/c1-23(13-18(25)26)17-6-3-8-24(9-7-17)12-15-11-21-22-19(15)14-4-2-5-16(20)10-14/h2,4-5,10,15,17,19,21-22H,3,6-9,11-13H2,1H3,(H,25,26). The van der Waals surface area contributed by atoms with Crippen molar-refractivity contribution in [3.8, 4) is 0 Å². The van der Waals surface area contributed by atoms with Crippen molar-refractivity contribution in [3.63, 3.8) is 0 Å². The van der Waals surface area contributed by atoms with Gasteiger partial charge in [-0.25, -0.2) is 5.43 Å². The van der Waals surface area contributed by atoms with Gasteiger partial charge < -0.3 is 10.0 Å². The molecule has 0 amide bonds. The average Bonchev–Trinajstić information content (AvgIpc) is 2.91. The second-order valence-electron chi connectivity index (χ2n) is 7.51. The molecule has 2 aliphatic rings. The molecular weight excluding hydrogens is 352 g/mol. The van der Waals surface area contributed by atoms with Gasteiger partial charge in [0.1, 0.15) is 0 Å². The minimum atomic E-state index is -0.749. The van der Waals surface area contributed by atoms with Gasteiger partial charge in [-0.2, -0.15) is 0 Å². The maximum absolute atomic E-state index is 11.0. The summed E-state index contributed by atoms with van der Waals surface area (Å²) in [5.41, 5.74) is 7.92. The molecule has 0 radical (unpaired) electrons. The number of rotatable bonds is 6. The summed E-state index contributed by atoms with van der Waals surface area (Å²) in [7, 11) is 1.93. The van der Waals surface area contributed by atoms with Gasteiger partial charge in [0.05, 0.1) is 12.6 Å². The number of hydrogen-bond acceptors (Lipinski definition) is 5. The molecule has 0 aromatic heterocycles. The van der Waals surface area contributed by atoms with E-state index in [1.165, 1.54) is 5.56 Å². The van der Waals surface area contributed by atoms with Crippen molar-refractivity contribution in [1.82, 2.24) is 20.7 Å².